The zero-order chi connectivity index (χ0) is 7.64. The van der Waals surface area contributed by atoms with E-state index in [-0.39, 0.29) is 24.5 Å². The largest absolute Gasteiger partial charge is 0.394 e. The number of hydrogen-bond acceptors (Lipinski definition) is 2. The second kappa shape index (κ2) is 1.46. The molecule has 11 heavy (non-hydrogen) atoms. The number of amides is 1. The Morgan fingerprint density at radius 3 is 2.82 bits per heavy atom. The quantitative estimate of drug-likeness (QED) is 0.533. The van der Waals surface area contributed by atoms with Gasteiger partial charge in [-0.1, -0.05) is 0 Å². The zero-order valence-corrected chi connectivity index (χ0v) is 6.21. The Morgan fingerprint density at radius 1 is 1.64 bits per heavy atom. The Hall–Kier alpha value is -0.570. The topological polar surface area (TPSA) is 49.3 Å². The molecule has 0 aromatic heterocycles. The van der Waals surface area contributed by atoms with E-state index in [9.17, 15) is 4.79 Å². The molecular formula is C8H11NO2. The lowest BCUT2D eigenvalue weighted by Gasteiger charge is -2.11. The fourth-order valence-corrected chi connectivity index (χ4v) is 2.89. The van der Waals surface area contributed by atoms with Crippen LogP contribution in [0.2, 0.25) is 0 Å². The highest BCUT2D eigenvalue weighted by molar-refractivity contribution is 5.88. The van der Waals surface area contributed by atoms with E-state index in [1.807, 2.05) is 0 Å². The molecule has 0 unspecified atom stereocenters. The summed E-state index contributed by atoms with van der Waals surface area (Å²) >= 11 is 0. The first kappa shape index (κ1) is 6.00. The lowest BCUT2D eigenvalue weighted by Crippen LogP contribution is -2.35. The molecule has 0 bridgehead atoms. The molecule has 0 aromatic rings. The highest BCUT2D eigenvalue weighted by Crippen LogP contribution is 2.77. The first-order chi connectivity index (χ1) is 5.29. The molecule has 2 N–H and O–H groups in total. The molecule has 3 rings (SSSR count). The lowest BCUT2D eigenvalue weighted by molar-refractivity contribution is -0.122. The predicted molar refractivity (Wildman–Crippen MR) is 37.7 cm³/mol. The average Bonchev–Trinajstić information content (AvgIpc) is 2.86. The average molecular weight is 153 g/mol. The molecule has 1 aliphatic heterocycles. The van der Waals surface area contributed by atoms with Crippen LogP contribution in [-0.4, -0.2) is 23.7 Å². The first-order valence-corrected chi connectivity index (χ1v) is 4.21. The minimum absolute atomic E-state index is 0.0787. The molecule has 3 fully saturated rings. The van der Waals surface area contributed by atoms with Crippen LogP contribution in [-0.2, 0) is 4.79 Å². The summed E-state index contributed by atoms with van der Waals surface area (Å²) in [7, 11) is 0. The van der Waals surface area contributed by atoms with Gasteiger partial charge in [-0.3, -0.25) is 4.79 Å². The summed E-state index contributed by atoms with van der Waals surface area (Å²) < 4.78 is 0. The van der Waals surface area contributed by atoms with Crippen molar-refractivity contribution < 1.29 is 9.90 Å². The number of fused-ring (bicyclic) bond motifs is 3. The van der Waals surface area contributed by atoms with E-state index < -0.39 is 0 Å². The van der Waals surface area contributed by atoms with Crippen LogP contribution < -0.4 is 5.32 Å². The Labute approximate surface area is 64.8 Å². The molecule has 3 heteroatoms. The summed E-state index contributed by atoms with van der Waals surface area (Å²) in [6.07, 6.45) is 2.43. The van der Waals surface area contributed by atoms with Gasteiger partial charge in [0.15, 0.2) is 0 Å². The molecule has 2 saturated carbocycles. The summed E-state index contributed by atoms with van der Waals surface area (Å²) in [5, 5.41) is 11.7. The smallest absolute Gasteiger partial charge is 0.224 e. The third-order valence-corrected chi connectivity index (χ3v) is 3.60. The molecule has 3 aliphatic rings. The van der Waals surface area contributed by atoms with E-state index >= 15 is 0 Å². The van der Waals surface area contributed by atoms with Crippen molar-refractivity contribution in [3.05, 3.63) is 0 Å². The maximum Gasteiger partial charge on any atom is 0.224 e. The number of piperidine rings is 1. The molecule has 1 amide bonds. The van der Waals surface area contributed by atoms with Crippen molar-refractivity contribution in [2.24, 2.45) is 17.3 Å². The number of rotatable bonds is 1. The molecule has 0 radical (unpaired) electrons. The minimum atomic E-state index is 0.0787. The third kappa shape index (κ3) is 0.495. The van der Waals surface area contributed by atoms with Gasteiger partial charge in [0.25, 0.3) is 0 Å². The predicted octanol–water partition coefficient (Wildman–Crippen LogP) is -0.497. The number of aliphatic hydroxyl groups excluding tert-OH is 1. The summed E-state index contributed by atoms with van der Waals surface area (Å²) in [5.74, 6) is 0.950. The molecular weight excluding hydrogens is 142 g/mol. The van der Waals surface area contributed by atoms with Crippen LogP contribution in [0.4, 0.5) is 0 Å². The fourth-order valence-electron chi connectivity index (χ4n) is 2.89. The van der Waals surface area contributed by atoms with Gasteiger partial charge < -0.3 is 10.4 Å². The number of hydrogen-bond donors (Lipinski definition) is 2. The van der Waals surface area contributed by atoms with Gasteiger partial charge in [-0.15, -0.1) is 0 Å². The summed E-state index contributed by atoms with van der Waals surface area (Å²) in [6, 6.07) is 0.0787. The maximum atomic E-state index is 11.2. The minimum Gasteiger partial charge on any atom is -0.394 e. The summed E-state index contributed by atoms with van der Waals surface area (Å²) in [4.78, 5) is 11.2. The third-order valence-electron chi connectivity index (χ3n) is 3.60. The molecule has 3 nitrogen and oxygen atoms in total. The number of carbonyl (C=O) groups excluding carboxylic acids is 1. The lowest BCUT2D eigenvalue weighted by atomic mass is 10.1. The SMILES string of the molecule is O=C1N[C@H](CO)[C@H]2[C@@H]1C21CC1. The Bertz CT molecular complexity index is 234. The Balaban J connectivity index is 1.90. The van der Waals surface area contributed by atoms with Gasteiger partial charge in [-0.25, -0.2) is 0 Å². The first-order valence-electron chi connectivity index (χ1n) is 4.21. The zero-order valence-electron chi connectivity index (χ0n) is 6.21. The van der Waals surface area contributed by atoms with E-state index in [4.69, 9.17) is 5.11 Å². The van der Waals surface area contributed by atoms with Crippen molar-refractivity contribution in [3.63, 3.8) is 0 Å². The number of aliphatic hydroxyl groups is 1. The van der Waals surface area contributed by atoms with Crippen molar-refractivity contribution in [3.8, 4) is 0 Å². The van der Waals surface area contributed by atoms with Gasteiger partial charge in [0.1, 0.15) is 0 Å². The van der Waals surface area contributed by atoms with Crippen LogP contribution >= 0.6 is 0 Å². The normalized spacial score (nSPS) is 48.8. The van der Waals surface area contributed by atoms with Crippen molar-refractivity contribution in [1.82, 2.24) is 5.32 Å². The van der Waals surface area contributed by atoms with Gasteiger partial charge in [-0.05, 0) is 24.2 Å². The van der Waals surface area contributed by atoms with E-state index in [1.54, 1.807) is 0 Å². The molecule has 3 atom stereocenters. The second-order valence-corrected chi connectivity index (χ2v) is 4.03. The van der Waals surface area contributed by atoms with E-state index in [2.05, 4.69) is 5.32 Å². The van der Waals surface area contributed by atoms with Crippen molar-refractivity contribution in [2.45, 2.75) is 18.9 Å². The molecule has 60 valence electrons. The van der Waals surface area contributed by atoms with Gasteiger partial charge in [0, 0.05) is 5.92 Å². The van der Waals surface area contributed by atoms with Gasteiger partial charge in [0.05, 0.1) is 12.6 Å². The summed E-state index contributed by atoms with van der Waals surface area (Å²) in [6.45, 7) is 0.120. The van der Waals surface area contributed by atoms with E-state index in [0.717, 1.165) is 0 Å². The number of carbonyl (C=O) groups is 1. The van der Waals surface area contributed by atoms with Crippen LogP contribution in [0.15, 0.2) is 0 Å². The maximum absolute atomic E-state index is 11.2. The van der Waals surface area contributed by atoms with Crippen molar-refractivity contribution in [2.75, 3.05) is 6.61 Å². The number of nitrogens with one attached hydrogen (secondary N) is 1. The second-order valence-electron chi connectivity index (χ2n) is 4.03. The van der Waals surface area contributed by atoms with Gasteiger partial charge in [0.2, 0.25) is 5.91 Å². The van der Waals surface area contributed by atoms with Crippen molar-refractivity contribution in [1.29, 1.82) is 0 Å². The van der Waals surface area contributed by atoms with Crippen LogP contribution in [0, 0.1) is 17.3 Å². The van der Waals surface area contributed by atoms with Gasteiger partial charge in [-0.2, -0.15) is 0 Å². The van der Waals surface area contributed by atoms with E-state index in [0.29, 0.717) is 11.3 Å². The highest BCUT2D eigenvalue weighted by atomic mass is 16.3. The highest BCUT2D eigenvalue weighted by Gasteiger charge is 2.79. The Kier molecular flexibility index (Phi) is 0.796. The molecule has 2 aliphatic carbocycles. The van der Waals surface area contributed by atoms with Crippen molar-refractivity contribution >= 4 is 5.91 Å². The van der Waals surface area contributed by atoms with Crippen LogP contribution in [0.25, 0.3) is 0 Å². The van der Waals surface area contributed by atoms with Gasteiger partial charge >= 0.3 is 0 Å². The van der Waals surface area contributed by atoms with Crippen LogP contribution in [0.3, 0.4) is 0 Å². The standard InChI is InChI=1S/C8H11NO2/c10-3-4-5-6(7(11)9-4)8(5)1-2-8/h4-6,10H,1-3H2,(H,9,11)/t4-,5+,6+/m1/s1. The fraction of sp³-hybridized carbons (Fsp3) is 0.875. The molecule has 0 aromatic carbocycles. The summed E-state index contributed by atoms with van der Waals surface area (Å²) in [5.41, 5.74) is 0.385. The van der Waals surface area contributed by atoms with E-state index in [1.165, 1.54) is 12.8 Å². The van der Waals surface area contributed by atoms with Crippen LogP contribution in [0.5, 0.6) is 0 Å². The molecule has 1 saturated heterocycles. The Morgan fingerprint density at radius 2 is 2.36 bits per heavy atom. The van der Waals surface area contributed by atoms with Crippen LogP contribution in [0.1, 0.15) is 12.8 Å². The molecule has 1 spiro atoms. The monoisotopic (exact) mass is 153 g/mol. The molecule has 1 heterocycles.